The van der Waals surface area contributed by atoms with E-state index in [1.807, 2.05) is 13.8 Å². The van der Waals surface area contributed by atoms with Crippen molar-refractivity contribution in [3.05, 3.63) is 0 Å². The quantitative estimate of drug-likeness (QED) is 0.683. The summed E-state index contributed by atoms with van der Waals surface area (Å²) in [5.74, 6) is 0.626. The van der Waals surface area contributed by atoms with E-state index in [1.54, 1.807) is 0 Å². The van der Waals surface area contributed by atoms with Crippen LogP contribution in [0.15, 0.2) is 0 Å². The maximum absolute atomic E-state index is 11.8. The normalized spacial score (nSPS) is 17.2. The van der Waals surface area contributed by atoms with Crippen molar-refractivity contribution in [1.82, 2.24) is 5.32 Å². The molecular weight excluding hydrogens is 176 g/mol. The van der Waals surface area contributed by atoms with E-state index in [9.17, 15) is 4.79 Å². The molecule has 2 unspecified atom stereocenters. The van der Waals surface area contributed by atoms with Crippen molar-refractivity contribution in [2.24, 2.45) is 17.1 Å². The molecule has 3 N–H and O–H groups in total. The highest BCUT2D eigenvalue weighted by Gasteiger charge is 2.29. The molecule has 0 aromatic rings. The van der Waals surface area contributed by atoms with Gasteiger partial charge >= 0.3 is 0 Å². The van der Waals surface area contributed by atoms with Crippen LogP contribution in [0.1, 0.15) is 40.5 Å². The zero-order chi connectivity index (χ0) is 11.2. The van der Waals surface area contributed by atoms with E-state index < -0.39 is 5.41 Å². The molecule has 3 heteroatoms. The Hall–Kier alpha value is -0.570. The minimum absolute atomic E-state index is 0.0859. The van der Waals surface area contributed by atoms with E-state index >= 15 is 0 Å². The molecule has 2 atom stereocenters. The maximum Gasteiger partial charge on any atom is 0.227 e. The lowest BCUT2D eigenvalue weighted by molar-refractivity contribution is -0.130. The van der Waals surface area contributed by atoms with Crippen LogP contribution in [0.3, 0.4) is 0 Å². The molecule has 0 radical (unpaired) electrons. The molecule has 3 nitrogen and oxygen atoms in total. The number of carbonyl (C=O) groups is 1. The average Bonchev–Trinajstić information content (AvgIpc) is 2.23. The predicted octanol–water partition coefficient (Wildman–Crippen LogP) is 1.52. The van der Waals surface area contributed by atoms with Gasteiger partial charge in [0.2, 0.25) is 5.91 Å². The molecule has 0 saturated carbocycles. The first kappa shape index (κ1) is 13.4. The van der Waals surface area contributed by atoms with Crippen molar-refractivity contribution in [3.8, 4) is 0 Å². The summed E-state index contributed by atoms with van der Waals surface area (Å²) in [5, 5.41) is 2.96. The van der Waals surface area contributed by atoms with Gasteiger partial charge in [-0.15, -0.1) is 0 Å². The summed E-state index contributed by atoms with van der Waals surface area (Å²) < 4.78 is 0. The lowest BCUT2D eigenvalue weighted by atomic mass is 9.86. The van der Waals surface area contributed by atoms with Gasteiger partial charge in [0.1, 0.15) is 0 Å². The van der Waals surface area contributed by atoms with Crippen molar-refractivity contribution >= 4 is 5.91 Å². The molecule has 1 amide bonds. The average molecular weight is 200 g/mol. The third-order valence-electron chi connectivity index (χ3n) is 3.09. The van der Waals surface area contributed by atoms with Crippen LogP contribution in [0.5, 0.6) is 0 Å². The molecule has 0 heterocycles. The zero-order valence-electron chi connectivity index (χ0n) is 9.89. The lowest BCUT2D eigenvalue weighted by Crippen LogP contribution is -2.44. The highest BCUT2D eigenvalue weighted by Crippen LogP contribution is 2.19. The van der Waals surface area contributed by atoms with E-state index in [4.69, 9.17) is 5.73 Å². The van der Waals surface area contributed by atoms with Gasteiger partial charge in [-0.05, 0) is 19.3 Å². The van der Waals surface area contributed by atoms with Gasteiger partial charge in [0, 0.05) is 13.1 Å². The Morgan fingerprint density at radius 3 is 2.43 bits per heavy atom. The molecule has 0 aromatic carbocycles. The van der Waals surface area contributed by atoms with E-state index in [-0.39, 0.29) is 5.91 Å². The van der Waals surface area contributed by atoms with Crippen LogP contribution in [-0.4, -0.2) is 19.0 Å². The molecule has 0 aliphatic rings. The Balaban J connectivity index is 4.06. The van der Waals surface area contributed by atoms with Gasteiger partial charge in [0.25, 0.3) is 0 Å². The monoisotopic (exact) mass is 200 g/mol. The van der Waals surface area contributed by atoms with Crippen molar-refractivity contribution in [2.75, 3.05) is 13.1 Å². The first-order chi connectivity index (χ1) is 6.50. The molecule has 0 saturated heterocycles. The van der Waals surface area contributed by atoms with Gasteiger partial charge in [-0.1, -0.05) is 27.2 Å². The van der Waals surface area contributed by atoms with Crippen LogP contribution in [0, 0.1) is 11.3 Å². The van der Waals surface area contributed by atoms with Gasteiger partial charge in [-0.25, -0.2) is 0 Å². The second-order valence-corrected chi connectivity index (χ2v) is 4.34. The smallest absolute Gasteiger partial charge is 0.227 e. The van der Waals surface area contributed by atoms with Crippen LogP contribution in [0.2, 0.25) is 0 Å². The predicted molar refractivity (Wildman–Crippen MR) is 59.9 cm³/mol. The first-order valence-electron chi connectivity index (χ1n) is 5.48. The van der Waals surface area contributed by atoms with Gasteiger partial charge < -0.3 is 11.1 Å². The molecular formula is C11H24N2O. The van der Waals surface area contributed by atoms with E-state index in [2.05, 4.69) is 19.2 Å². The fourth-order valence-corrected chi connectivity index (χ4v) is 1.02. The lowest BCUT2D eigenvalue weighted by Gasteiger charge is -2.25. The number of hydrogen-bond acceptors (Lipinski definition) is 2. The Bertz CT molecular complexity index is 176. The van der Waals surface area contributed by atoms with Gasteiger partial charge in [-0.2, -0.15) is 0 Å². The highest BCUT2D eigenvalue weighted by atomic mass is 16.2. The third-order valence-corrected chi connectivity index (χ3v) is 3.09. The van der Waals surface area contributed by atoms with Crippen molar-refractivity contribution in [2.45, 2.75) is 40.5 Å². The van der Waals surface area contributed by atoms with Crippen LogP contribution in [0.25, 0.3) is 0 Å². The Morgan fingerprint density at radius 2 is 2.07 bits per heavy atom. The zero-order valence-corrected chi connectivity index (χ0v) is 9.89. The Labute approximate surface area is 87.4 Å². The number of hydrogen-bond donors (Lipinski definition) is 2. The first-order valence-corrected chi connectivity index (χ1v) is 5.48. The second-order valence-electron chi connectivity index (χ2n) is 4.34. The summed E-state index contributed by atoms with van der Waals surface area (Å²) in [4.78, 5) is 11.8. The molecule has 0 aliphatic heterocycles. The summed E-state index contributed by atoms with van der Waals surface area (Å²) in [5.41, 5.74) is 5.20. The standard InChI is InChI=1S/C11H24N2O/c1-5-9(3)7-13-10(14)11(4,6-2)8-12/h9H,5-8,12H2,1-4H3,(H,13,14). The number of nitrogens with one attached hydrogen (secondary N) is 1. The highest BCUT2D eigenvalue weighted by molar-refractivity contribution is 5.82. The maximum atomic E-state index is 11.8. The molecule has 14 heavy (non-hydrogen) atoms. The van der Waals surface area contributed by atoms with Crippen molar-refractivity contribution < 1.29 is 4.79 Å². The van der Waals surface area contributed by atoms with Crippen LogP contribution in [0.4, 0.5) is 0 Å². The number of rotatable bonds is 6. The van der Waals surface area contributed by atoms with Crippen LogP contribution >= 0.6 is 0 Å². The van der Waals surface area contributed by atoms with Crippen molar-refractivity contribution in [1.29, 1.82) is 0 Å². The van der Waals surface area contributed by atoms with Crippen molar-refractivity contribution in [3.63, 3.8) is 0 Å². The van der Waals surface area contributed by atoms with E-state index in [1.165, 1.54) is 0 Å². The largest absolute Gasteiger partial charge is 0.355 e. The molecule has 0 spiro atoms. The molecule has 0 aliphatic carbocycles. The summed E-state index contributed by atoms with van der Waals surface area (Å²) in [6.07, 6.45) is 1.88. The van der Waals surface area contributed by atoms with Crippen LogP contribution < -0.4 is 11.1 Å². The fourth-order valence-electron chi connectivity index (χ4n) is 1.02. The number of amides is 1. The molecule has 0 aromatic heterocycles. The summed E-state index contributed by atoms with van der Waals surface area (Å²) in [6.45, 7) is 9.33. The van der Waals surface area contributed by atoms with E-state index in [0.29, 0.717) is 12.5 Å². The topological polar surface area (TPSA) is 55.1 Å². The molecule has 0 fully saturated rings. The molecule has 0 rings (SSSR count). The number of carbonyl (C=O) groups excluding carboxylic acids is 1. The van der Waals surface area contributed by atoms with Gasteiger partial charge in [0.15, 0.2) is 0 Å². The molecule has 0 bridgehead atoms. The summed E-state index contributed by atoms with van der Waals surface area (Å²) in [6, 6.07) is 0. The summed E-state index contributed by atoms with van der Waals surface area (Å²) in [7, 11) is 0. The minimum Gasteiger partial charge on any atom is -0.355 e. The van der Waals surface area contributed by atoms with Crippen LogP contribution in [-0.2, 0) is 4.79 Å². The third kappa shape index (κ3) is 3.66. The SMILES string of the molecule is CCC(C)CNC(=O)C(C)(CC)CN. The van der Waals surface area contributed by atoms with Gasteiger partial charge in [-0.3, -0.25) is 4.79 Å². The fraction of sp³-hybridized carbons (Fsp3) is 0.909. The van der Waals surface area contributed by atoms with E-state index in [0.717, 1.165) is 19.4 Å². The summed E-state index contributed by atoms with van der Waals surface area (Å²) >= 11 is 0. The second kappa shape index (κ2) is 6.02. The minimum atomic E-state index is -0.395. The van der Waals surface area contributed by atoms with Gasteiger partial charge in [0.05, 0.1) is 5.41 Å². The number of nitrogens with two attached hydrogens (primary N) is 1. The Kier molecular flexibility index (Phi) is 5.77. The Morgan fingerprint density at radius 1 is 1.50 bits per heavy atom. The molecule has 84 valence electrons.